The van der Waals surface area contributed by atoms with E-state index < -0.39 is 0 Å². The Morgan fingerprint density at radius 1 is 1.21 bits per heavy atom. The molecule has 1 N–H and O–H groups in total. The van der Waals surface area contributed by atoms with Gasteiger partial charge in [0, 0.05) is 7.05 Å². The number of rotatable bonds is 6. The average Bonchev–Trinajstić information content (AvgIpc) is 3.05. The molecule has 3 rings (SSSR count). The molecule has 7 nitrogen and oxygen atoms in total. The summed E-state index contributed by atoms with van der Waals surface area (Å²) < 4.78 is 6.96. The highest BCUT2D eigenvalue weighted by molar-refractivity contribution is 7.17. The van der Waals surface area contributed by atoms with Crippen molar-refractivity contribution in [3.8, 4) is 16.3 Å². The van der Waals surface area contributed by atoms with E-state index in [-0.39, 0.29) is 11.5 Å². The Labute approximate surface area is 173 Å². The summed E-state index contributed by atoms with van der Waals surface area (Å²) in [5.74, 6) is 0.550. The van der Waals surface area contributed by atoms with Crippen LogP contribution in [-0.4, -0.2) is 33.8 Å². The topological polar surface area (TPSA) is 86.1 Å². The van der Waals surface area contributed by atoms with Crippen LogP contribution >= 0.6 is 11.3 Å². The summed E-state index contributed by atoms with van der Waals surface area (Å²) in [5, 5.41) is 7.58. The zero-order valence-corrected chi connectivity index (χ0v) is 18.0. The number of carbonyl (C=O) groups is 1. The van der Waals surface area contributed by atoms with E-state index in [4.69, 9.17) is 4.74 Å². The van der Waals surface area contributed by atoms with E-state index >= 15 is 0 Å². The first kappa shape index (κ1) is 20.7. The molecule has 0 unspecified atom stereocenters. The highest BCUT2D eigenvalue weighted by Gasteiger charge is 2.20. The molecule has 0 atom stereocenters. The monoisotopic (exact) mass is 412 g/mol. The van der Waals surface area contributed by atoms with E-state index in [2.05, 4.69) is 15.4 Å². The summed E-state index contributed by atoms with van der Waals surface area (Å²) in [6.07, 6.45) is 0. The molecule has 0 spiro atoms. The van der Waals surface area contributed by atoms with Crippen LogP contribution in [0.25, 0.3) is 10.6 Å². The fraction of sp³-hybridized carbons (Fsp3) is 0.333. The normalized spacial score (nSPS) is 10.8. The number of hydrogen-bond donors (Lipinski definition) is 1. The first-order chi connectivity index (χ1) is 13.8. The van der Waals surface area contributed by atoms with Gasteiger partial charge in [-0.05, 0) is 51.0 Å². The van der Waals surface area contributed by atoms with Gasteiger partial charge in [-0.2, -0.15) is 5.10 Å². The predicted molar refractivity (Wildman–Crippen MR) is 114 cm³/mol. The Morgan fingerprint density at radius 3 is 2.69 bits per heavy atom. The smallest absolute Gasteiger partial charge is 0.277 e. The van der Waals surface area contributed by atoms with Gasteiger partial charge in [0.15, 0.2) is 0 Å². The third-order valence-electron chi connectivity index (χ3n) is 4.59. The molecule has 0 radical (unpaired) electrons. The van der Waals surface area contributed by atoms with E-state index in [1.54, 1.807) is 14.0 Å². The zero-order chi connectivity index (χ0) is 21.1. The number of nitrogens with zero attached hydrogens (tertiary/aromatic N) is 3. The van der Waals surface area contributed by atoms with E-state index in [0.717, 1.165) is 22.6 Å². The van der Waals surface area contributed by atoms with Gasteiger partial charge in [0.25, 0.3) is 11.5 Å². The molecule has 0 bridgehead atoms. The number of hydrogen-bond acceptors (Lipinski definition) is 6. The van der Waals surface area contributed by atoms with E-state index in [1.807, 2.05) is 45.0 Å². The molecule has 0 aliphatic heterocycles. The summed E-state index contributed by atoms with van der Waals surface area (Å²) in [6, 6.07) is 7.76. The molecule has 2 aromatic heterocycles. The maximum absolute atomic E-state index is 12.6. The minimum atomic E-state index is -0.223. The molecule has 0 aliphatic carbocycles. The van der Waals surface area contributed by atoms with Crippen molar-refractivity contribution in [3.63, 3.8) is 0 Å². The predicted octanol–water partition coefficient (Wildman–Crippen LogP) is 2.95. The summed E-state index contributed by atoms with van der Waals surface area (Å²) in [7, 11) is 1.61. The van der Waals surface area contributed by atoms with Crippen LogP contribution in [0.3, 0.4) is 0 Å². The van der Waals surface area contributed by atoms with Gasteiger partial charge in [-0.25, -0.2) is 9.67 Å². The van der Waals surface area contributed by atoms with Crippen LogP contribution in [0.2, 0.25) is 0 Å². The van der Waals surface area contributed by atoms with Gasteiger partial charge in [0.2, 0.25) is 0 Å². The second kappa shape index (κ2) is 8.57. The molecule has 0 aliphatic rings. The van der Waals surface area contributed by atoms with Crippen molar-refractivity contribution in [3.05, 3.63) is 62.0 Å². The zero-order valence-electron chi connectivity index (χ0n) is 17.2. The second-order valence-electron chi connectivity index (χ2n) is 6.87. The Morgan fingerprint density at radius 2 is 1.97 bits per heavy atom. The summed E-state index contributed by atoms with van der Waals surface area (Å²) in [4.78, 5) is 30.1. The maximum Gasteiger partial charge on any atom is 0.277 e. The Bertz CT molecular complexity index is 1120. The second-order valence-corrected chi connectivity index (χ2v) is 7.87. The highest BCUT2D eigenvalue weighted by atomic mass is 32.1. The van der Waals surface area contributed by atoms with E-state index in [0.29, 0.717) is 34.3 Å². The molecule has 1 amide bonds. The summed E-state index contributed by atoms with van der Waals surface area (Å²) >= 11 is 1.22. The van der Waals surface area contributed by atoms with Crippen molar-refractivity contribution in [1.82, 2.24) is 20.1 Å². The number of benzene rings is 1. The standard InChI is InChI=1S/C21H24N4O3S/c1-12-7-6-8-16(11-12)28-10-9-22-19(26)18-15(4)23-20(29-18)17-13(2)14(3)24-25(5)21(17)27/h6-8,11H,9-10H2,1-5H3,(H,22,26). The number of nitrogens with one attached hydrogen (secondary N) is 1. The quantitative estimate of drug-likeness (QED) is 0.629. The number of aryl methyl sites for hydroxylation is 4. The van der Waals surface area contributed by atoms with Crippen LogP contribution in [0.15, 0.2) is 29.1 Å². The lowest BCUT2D eigenvalue weighted by atomic mass is 10.1. The Kier molecular flexibility index (Phi) is 6.12. The van der Waals surface area contributed by atoms with Crippen molar-refractivity contribution in [2.75, 3.05) is 13.2 Å². The van der Waals surface area contributed by atoms with Gasteiger partial charge in [-0.15, -0.1) is 11.3 Å². The first-order valence-electron chi connectivity index (χ1n) is 9.28. The Balaban J connectivity index is 1.70. The van der Waals surface area contributed by atoms with Crippen LogP contribution < -0.4 is 15.6 Å². The maximum atomic E-state index is 12.6. The lowest BCUT2D eigenvalue weighted by molar-refractivity contribution is 0.0950. The summed E-state index contributed by atoms with van der Waals surface area (Å²) in [6.45, 7) is 8.20. The molecule has 0 fully saturated rings. The van der Waals surface area contributed by atoms with Gasteiger partial charge >= 0.3 is 0 Å². The third-order valence-corrected chi connectivity index (χ3v) is 5.76. The van der Waals surface area contributed by atoms with Crippen molar-refractivity contribution >= 4 is 17.2 Å². The van der Waals surface area contributed by atoms with Crippen LogP contribution in [0, 0.1) is 27.7 Å². The minimum Gasteiger partial charge on any atom is -0.492 e. The molecule has 152 valence electrons. The summed E-state index contributed by atoms with van der Waals surface area (Å²) in [5.41, 5.74) is 3.52. The van der Waals surface area contributed by atoms with E-state index in [1.165, 1.54) is 16.0 Å². The molecule has 2 heterocycles. The van der Waals surface area contributed by atoms with E-state index in [9.17, 15) is 9.59 Å². The average molecular weight is 413 g/mol. The molecular weight excluding hydrogens is 388 g/mol. The van der Waals surface area contributed by atoms with Crippen molar-refractivity contribution < 1.29 is 9.53 Å². The van der Waals surface area contributed by atoms with Gasteiger partial charge in [0.1, 0.15) is 22.2 Å². The molecule has 1 aromatic carbocycles. The van der Waals surface area contributed by atoms with Gasteiger partial charge in [-0.3, -0.25) is 9.59 Å². The number of thiazole rings is 1. The number of ether oxygens (including phenoxy) is 1. The fourth-order valence-corrected chi connectivity index (χ4v) is 4.01. The SMILES string of the molecule is Cc1cccc(OCCNC(=O)c2sc(-c3c(C)c(C)nn(C)c3=O)nc2C)c1. The lowest BCUT2D eigenvalue weighted by Crippen LogP contribution is -2.27. The van der Waals surface area contributed by atoms with Gasteiger partial charge < -0.3 is 10.1 Å². The van der Waals surface area contributed by atoms with Gasteiger partial charge in [-0.1, -0.05) is 12.1 Å². The minimum absolute atomic E-state index is 0.222. The van der Waals surface area contributed by atoms with Gasteiger partial charge in [0.05, 0.1) is 23.5 Å². The lowest BCUT2D eigenvalue weighted by Gasteiger charge is -2.08. The van der Waals surface area contributed by atoms with Crippen molar-refractivity contribution in [2.24, 2.45) is 7.05 Å². The largest absolute Gasteiger partial charge is 0.492 e. The number of amides is 1. The van der Waals surface area contributed by atoms with Crippen LogP contribution in [0.1, 0.15) is 32.2 Å². The van der Waals surface area contributed by atoms with Crippen molar-refractivity contribution in [2.45, 2.75) is 27.7 Å². The molecule has 8 heteroatoms. The fourth-order valence-electron chi connectivity index (χ4n) is 2.93. The van der Waals surface area contributed by atoms with Crippen LogP contribution in [-0.2, 0) is 7.05 Å². The number of aromatic nitrogens is 3. The van der Waals surface area contributed by atoms with Crippen LogP contribution in [0.5, 0.6) is 5.75 Å². The molecular formula is C21H24N4O3S. The van der Waals surface area contributed by atoms with Crippen molar-refractivity contribution in [1.29, 1.82) is 0 Å². The molecule has 3 aromatic rings. The third kappa shape index (κ3) is 4.54. The Hall–Kier alpha value is -3.00. The molecule has 0 saturated carbocycles. The number of carbonyl (C=O) groups excluding carboxylic acids is 1. The molecule has 0 saturated heterocycles. The van der Waals surface area contributed by atoms with Crippen LogP contribution in [0.4, 0.5) is 0 Å². The first-order valence-corrected chi connectivity index (χ1v) is 10.1. The molecule has 29 heavy (non-hydrogen) atoms. The highest BCUT2D eigenvalue weighted by Crippen LogP contribution is 2.28.